The van der Waals surface area contributed by atoms with Gasteiger partial charge in [0.15, 0.2) is 0 Å². The number of aliphatic hydroxyl groups is 1. The van der Waals surface area contributed by atoms with E-state index in [-0.39, 0.29) is 12.1 Å². The molecule has 1 saturated heterocycles. The minimum atomic E-state index is -0.0640. The summed E-state index contributed by atoms with van der Waals surface area (Å²) in [6, 6.07) is 0.714. The van der Waals surface area contributed by atoms with E-state index in [9.17, 15) is 5.11 Å². The van der Waals surface area contributed by atoms with E-state index in [1.165, 1.54) is 32.5 Å². The molecule has 1 heterocycles. The number of nitrogens with one attached hydrogen (secondary N) is 1. The van der Waals surface area contributed by atoms with E-state index in [0.29, 0.717) is 6.04 Å². The van der Waals surface area contributed by atoms with Crippen LogP contribution in [-0.4, -0.2) is 72.9 Å². The van der Waals surface area contributed by atoms with Gasteiger partial charge in [0.05, 0.1) is 6.61 Å². The zero-order valence-electron chi connectivity index (χ0n) is 14.0. The van der Waals surface area contributed by atoms with Gasteiger partial charge >= 0.3 is 0 Å². The van der Waals surface area contributed by atoms with Gasteiger partial charge in [0, 0.05) is 31.2 Å². The number of piperazine rings is 1. The summed E-state index contributed by atoms with van der Waals surface area (Å²) in [5.41, 5.74) is -0.0640. The Bertz CT molecular complexity index is 256. The van der Waals surface area contributed by atoms with Gasteiger partial charge in [-0.1, -0.05) is 20.8 Å². The third kappa shape index (κ3) is 4.99. The fourth-order valence-corrected chi connectivity index (χ4v) is 3.31. The van der Waals surface area contributed by atoms with E-state index in [1.54, 1.807) is 0 Å². The van der Waals surface area contributed by atoms with Gasteiger partial charge in [0.1, 0.15) is 0 Å². The second-order valence-electron chi connectivity index (χ2n) is 6.27. The van der Waals surface area contributed by atoms with Crippen molar-refractivity contribution >= 4 is 0 Å². The Morgan fingerprint density at radius 1 is 1.25 bits per heavy atom. The number of hydrogen-bond acceptors (Lipinski definition) is 4. The molecule has 4 nitrogen and oxygen atoms in total. The first-order chi connectivity index (χ1) is 9.60. The van der Waals surface area contributed by atoms with Crippen molar-refractivity contribution in [2.45, 2.75) is 58.0 Å². The van der Waals surface area contributed by atoms with E-state index in [4.69, 9.17) is 0 Å². The fraction of sp³-hybridized carbons (Fsp3) is 1.00. The lowest BCUT2D eigenvalue weighted by molar-refractivity contribution is 0.0856. The van der Waals surface area contributed by atoms with Crippen LogP contribution in [0.1, 0.15) is 46.5 Å². The van der Waals surface area contributed by atoms with Gasteiger partial charge in [0.2, 0.25) is 0 Å². The molecule has 2 atom stereocenters. The molecule has 1 aliphatic rings. The lowest BCUT2D eigenvalue weighted by atomic mass is 9.91. The highest BCUT2D eigenvalue weighted by atomic mass is 16.3. The molecule has 2 unspecified atom stereocenters. The van der Waals surface area contributed by atoms with Gasteiger partial charge < -0.3 is 20.2 Å². The largest absolute Gasteiger partial charge is 0.394 e. The first kappa shape index (κ1) is 17.9. The zero-order valence-corrected chi connectivity index (χ0v) is 14.0. The van der Waals surface area contributed by atoms with Crippen molar-refractivity contribution in [3.05, 3.63) is 0 Å². The van der Waals surface area contributed by atoms with Crippen LogP contribution in [-0.2, 0) is 0 Å². The minimum Gasteiger partial charge on any atom is -0.394 e. The van der Waals surface area contributed by atoms with E-state index in [2.05, 4.69) is 42.9 Å². The van der Waals surface area contributed by atoms with Crippen molar-refractivity contribution in [2.24, 2.45) is 0 Å². The average molecular weight is 285 g/mol. The Morgan fingerprint density at radius 2 is 2.00 bits per heavy atom. The van der Waals surface area contributed by atoms with Crippen LogP contribution >= 0.6 is 0 Å². The normalized spacial score (nSPS) is 24.8. The molecule has 1 aliphatic heterocycles. The van der Waals surface area contributed by atoms with Gasteiger partial charge in [-0.05, 0) is 45.8 Å². The Balaban J connectivity index is 2.35. The van der Waals surface area contributed by atoms with Crippen LogP contribution in [0.4, 0.5) is 0 Å². The molecular weight excluding hydrogens is 250 g/mol. The Labute approximate surface area is 125 Å². The van der Waals surface area contributed by atoms with Crippen LogP contribution in [0.5, 0.6) is 0 Å². The quantitative estimate of drug-likeness (QED) is 0.674. The highest BCUT2D eigenvalue weighted by Gasteiger charge is 2.27. The smallest absolute Gasteiger partial charge is 0.0613 e. The molecule has 120 valence electrons. The average Bonchev–Trinajstić information content (AvgIpc) is 2.48. The van der Waals surface area contributed by atoms with Crippen molar-refractivity contribution in [3.8, 4) is 0 Å². The van der Waals surface area contributed by atoms with Crippen LogP contribution < -0.4 is 5.32 Å². The maximum atomic E-state index is 9.68. The molecule has 0 aromatic heterocycles. The minimum absolute atomic E-state index is 0.0640. The standard InChI is InChI=1S/C16H35N3O/c1-5-15-13-19(12-11-18(15)4)10-8-9-16(6-2,14-20)17-7-3/h15,17,20H,5-14H2,1-4H3. The highest BCUT2D eigenvalue weighted by molar-refractivity contribution is 4.86. The molecule has 0 aromatic carbocycles. The number of rotatable bonds is 9. The predicted octanol–water partition coefficient (Wildman–Crippen LogP) is 1.54. The summed E-state index contributed by atoms with van der Waals surface area (Å²) in [6.45, 7) is 12.5. The number of nitrogens with zero attached hydrogens (tertiary/aromatic N) is 2. The van der Waals surface area contributed by atoms with Gasteiger partial charge in [-0.25, -0.2) is 0 Å². The second-order valence-corrected chi connectivity index (χ2v) is 6.27. The van der Waals surface area contributed by atoms with Gasteiger partial charge in [-0.3, -0.25) is 0 Å². The topological polar surface area (TPSA) is 38.7 Å². The molecule has 20 heavy (non-hydrogen) atoms. The highest BCUT2D eigenvalue weighted by Crippen LogP contribution is 2.18. The van der Waals surface area contributed by atoms with E-state index in [1.807, 2.05) is 0 Å². The molecule has 0 aromatic rings. The second kappa shape index (κ2) is 8.98. The molecule has 0 spiro atoms. The number of hydrogen-bond donors (Lipinski definition) is 2. The fourth-order valence-electron chi connectivity index (χ4n) is 3.31. The first-order valence-electron chi connectivity index (χ1n) is 8.39. The van der Waals surface area contributed by atoms with Crippen LogP contribution in [0.2, 0.25) is 0 Å². The van der Waals surface area contributed by atoms with Crippen LogP contribution in [0.3, 0.4) is 0 Å². The summed E-state index contributed by atoms with van der Waals surface area (Å²) in [4.78, 5) is 5.08. The maximum absolute atomic E-state index is 9.68. The molecule has 1 fully saturated rings. The lowest BCUT2D eigenvalue weighted by Gasteiger charge is -2.40. The van der Waals surface area contributed by atoms with Crippen LogP contribution in [0.15, 0.2) is 0 Å². The molecule has 0 bridgehead atoms. The summed E-state index contributed by atoms with van der Waals surface area (Å²) < 4.78 is 0. The van der Waals surface area contributed by atoms with Gasteiger partial charge in [-0.2, -0.15) is 0 Å². The summed E-state index contributed by atoms with van der Waals surface area (Å²) in [6.07, 6.45) is 4.47. The van der Waals surface area contributed by atoms with Gasteiger partial charge in [-0.15, -0.1) is 0 Å². The number of aliphatic hydroxyl groups excluding tert-OH is 1. The monoisotopic (exact) mass is 285 g/mol. The van der Waals surface area contributed by atoms with Crippen molar-refractivity contribution in [1.82, 2.24) is 15.1 Å². The summed E-state index contributed by atoms with van der Waals surface area (Å²) in [5, 5.41) is 13.2. The Morgan fingerprint density at radius 3 is 2.55 bits per heavy atom. The van der Waals surface area contributed by atoms with Gasteiger partial charge in [0.25, 0.3) is 0 Å². The third-order valence-electron chi connectivity index (χ3n) is 4.99. The van der Waals surface area contributed by atoms with E-state index < -0.39 is 0 Å². The van der Waals surface area contributed by atoms with Crippen molar-refractivity contribution in [1.29, 1.82) is 0 Å². The SMILES string of the molecule is CCNC(CC)(CO)CCCN1CCN(C)C(CC)C1. The van der Waals surface area contributed by atoms with E-state index in [0.717, 1.165) is 25.9 Å². The molecule has 0 aliphatic carbocycles. The molecule has 4 heteroatoms. The summed E-state index contributed by atoms with van der Waals surface area (Å²) >= 11 is 0. The maximum Gasteiger partial charge on any atom is 0.0613 e. The molecular formula is C16H35N3O. The van der Waals surface area contributed by atoms with E-state index >= 15 is 0 Å². The molecule has 0 amide bonds. The Kier molecular flexibility index (Phi) is 8.03. The summed E-state index contributed by atoms with van der Waals surface area (Å²) in [7, 11) is 2.24. The predicted molar refractivity (Wildman–Crippen MR) is 86.2 cm³/mol. The summed E-state index contributed by atoms with van der Waals surface area (Å²) in [5.74, 6) is 0. The van der Waals surface area contributed by atoms with Crippen LogP contribution in [0.25, 0.3) is 0 Å². The first-order valence-corrected chi connectivity index (χ1v) is 8.39. The van der Waals surface area contributed by atoms with Crippen molar-refractivity contribution in [2.75, 3.05) is 46.4 Å². The third-order valence-corrected chi connectivity index (χ3v) is 4.99. The van der Waals surface area contributed by atoms with Crippen LogP contribution in [0, 0.1) is 0 Å². The molecule has 2 N–H and O–H groups in total. The Hall–Kier alpha value is -0.160. The molecule has 0 saturated carbocycles. The zero-order chi connectivity index (χ0) is 15.0. The molecule has 0 radical (unpaired) electrons. The molecule has 1 rings (SSSR count). The van der Waals surface area contributed by atoms with Crippen molar-refractivity contribution < 1.29 is 5.11 Å². The lowest BCUT2D eigenvalue weighted by Crippen LogP contribution is -2.52. The van der Waals surface area contributed by atoms with Crippen molar-refractivity contribution in [3.63, 3.8) is 0 Å². The number of likely N-dealkylation sites (N-methyl/N-ethyl adjacent to an activating group) is 2.